The van der Waals surface area contributed by atoms with Gasteiger partial charge in [-0.3, -0.25) is 0 Å². The van der Waals surface area contributed by atoms with Crippen molar-refractivity contribution < 1.29 is 17.9 Å². The minimum atomic E-state index is -4.01. The molecule has 0 saturated carbocycles. The van der Waals surface area contributed by atoms with Crippen LogP contribution in [0.3, 0.4) is 0 Å². The Kier molecular flexibility index (Phi) is 4.60. The molecule has 1 fully saturated rings. The number of aliphatic hydroxyl groups is 1. The van der Waals surface area contributed by atoms with Crippen LogP contribution in [0.4, 0.5) is 10.1 Å². The molecule has 2 rings (SSSR count). The number of nitrogen functional groups attached to an aromatic ring is 1. The first-order valence-electron chi connectivity index (χ1n) is 5.83. The molecule has 1 heterocycles. The average Bonchev–Trinajstić information content (AvgIpc) is 2.90. The minimum absolute atomic E-state index is 0.0281. The maximum Gasteiger partial charge on any atom is 0.246 e. The van der Waals surface area contributed by atoms with Gasteiger partial charge in [0.05, 0.1) is 15.2 Å². The predicted molar refractivity (Wildman–Crippen MR) is 77.5 cm³/mol. The molecular formula is C11H13BrClFN2O3S. The van der Waals surface area contributed by atoms with Crippen molar-refractivity contribution in [2.24, 2.45) is 5.92 Å². The largest absolute Gasteiger partial charge is 0.396 e. The molecule has 3 N–H and O–H groups in total. The molecule has 9 heteroatoms. The highest BCUT2D eigenvalue weighted by atomic mass is 79.9. The Morgan fingerprint density at radius 3 is 2.80 bits per heavy atom. The lowest BCUT2D eigenvalue weighted by Gasteiger charge is -2.18. The molecule has 20 heavy (non-hydrogen) atoms. The van der Waals surface area contributed by atoms with Gasteiger partial charge in [-0.2, -0.15) is 4.31 Å². The number of hydrogen-bond donors (Lipinski definition) is 2. The van der Waals surface area contributed by atoms with Crippen molar-refractivity contribution in [2.75, 3.05) is 25.4 Å². The highest BCUT2D eigenvalue weighted by Gasteiger charge is 2.35. The summed E-state index contributed by atoms with van der Waals surface area (Å²) in [6.45, 7) is 0.296. The lowest BCUT2D eigenvalue weighted by atomic mass is 10.1. The van der Waals surface area contributed by atoms with Crippen molar-refractivity contribution in [1.29, 1.82) is 0 Å². The zero-order valence-electron chi connectivity index (χ0n) is 10.3. The van der Waals surface area contributed by atoms with Crippen LogP contribution in [0.5, 0.6) is 0 Å². The standard InChI is InChI=1S/C11H13BrClFN2O3S/c12-9-7(13)3-8(10(14)11(9)15)20(18,19)16-2-1-6(4-16)5-17/h3,6,17H,1-2,4-5,15H2. The van der Waals surface area contributed by atoms with Gasteiger partial charge in [-0.05, 0) is 34.3 Å². The number of nitrogens with zero attached hydrogens (tertiary/aromatic N) is 1. The van der Waals surface area contributed by atoms with E-state index < -0.39 is 20.7 Å². The monoisotopic (exact) mass is 386 g/mol. The summed E-state index contributed by atoms with van der Waals surface area (Å²) in [5, 5.41) is 9.08. The summed E-state index contributed by atoms with van der Waals surface area (Å²) >= 11 is 8.84. The summed E-state index contributed by atoms with van der Waals surface area (Å²) in [7, 11) is -4.01. The van der Waals surface area contributed by atoms with E-state index in [2.05, 4.69) is 15.9 Å². The molecule has 0 radical (unpaired) electrons. The molecule has 1 aromatic rings. The van der Waals surface area contributed by atoms with Crippen molar-refractivity contribution in [2.45, 2.75) is 11.3 Å². The number of nitrogens with two attached hydrogens (primary N) is 1. The maximum atomic E-state index is 14.1. The first-order chi connectivity index (χ1) is 9.28. The minimum Gasteiger partial charge on any atom is -0.396 e. The van der Waals surface area contributed by atoms with E-state index in [4.69, 9.17) is 22.4 Å². The summed E-state index contributed by atoms with van der Waals surface area (Å²) in [5.41, 5.74) is 5.16. The summed E-state index contributed by atoms with van der Waals surface area (Å²) in [5.74, 6) is -1.15. The molecule has 1 saturated heterocycles. The smallest absolute Gasteiger partial charge is 0.246 e. The Bertz CT molecular complexity index is 641. The second kappa shape index (κ2) is 5.76. The van der Waals surface area contributed by atoms with Crippen LogP contribution in [0.2, 0.25) is 5.02 Å². The van der Waals surface area contributed by atoms with E-state index in [0.29, 0.717) is 6.42 Å². The van der Waals surface area contributed by atoms with Crippen molar-refractivity contribution in [3.63, 3.8) is 0 Å². The molecule has 0 spiro atoms. The number of aliphatic hydroxyl groups excluding tert-OH is 1. The lowest BCUT2D eigenvalue weighted by molar-refractivity contribution is 0.233. The van der Waals surface area contributed by atoms with Crippen molar-refractivity contribution in [3.05, 3.63) is 21.4 Å². The Morgan fingerprint density at radius 2 is 2.25 bits per heavy atom. The molecule has 0 aliphatic carbocycles. The van der Waals surface area contributed by atoms with Gasteiger partial charge >= 0.3 is 0 Å². The fourth-order valence-electron chi connectivity index (χ4n) is 2.09. The van der Waals surface area contributed by atoms with Crippen molar-refractivity contribution in [3.8, 4) is 0 Å². The van der Waals surface area contributed by atoms with Gasteiger partial charge in [0.2, 0.25) is 10.0 Å². The van der Waals surface area contributed by atoms with E-state index in [0.717, 1.165) is 10.4 Å². The van der Waals surface area contributed by atoms with Crippen molar-refractivity contribution in [1.82, 2.24) is 4.31 Å². The quantitative estimate of drug-likeness (QED) is 0.612. The van der Waals surface area contributed by atoms with Gasteiger partial charge in [-0.15, -0.1) is 0 Å². The number of sulfonamides is 1. The van der Waals surface area contributed by atoms with Gasteiger partial charge in [0, 0.05) is 19.7 Å². The predicted octanol–water partition coefficient (Wildman–Crippen LogP) is 1.83. The van der Waals surface area contributed by atoms with Gasteiger partial charge in [-0.1, -0.05) is 11.6 Å². The topological polar surface area (TPSA) is 83.6 Å². The van der Waals surface area contributed by atoms with Crippen LogP contribution < -0.4 is 5.73 Å². The van der Waals surface area contributed by atoms with Crippen LogP contribution in [-0.4, -0.2) is 37.5 Å². The zero-order chi connectivity index (χ0) is 15.1. The molecule has 1 atom stereocenters. The average molecular weight is 388 g/mol. The van der Waals surface area contributed by atoms with Crippen LogP contribution >= 0.6 is 27.5 Å². The molecule has 0 amide bonds. The third kappa shape index (κ3) is 2.67. The van der Waals surface area contributed by atoms with Crippen LogP contribution in [0, 0.1) is 11.7 Å². The number of rotatable bonds is 3. The van der Waals surface area contributed by atoms with E-state index in [1.165, 1.54) is 0 Å². The molecule has 0 aromatic heterocycles. The Labute approximate surface area is 129 Å². The zero-order valence-corrected chi connectivity index (χ0v) is 13.5. The highest BCUT2D eigenvalue weighted by Crippen LogP contribution is 2.36. The summed E-state index contributed by atoms with van der Waals surface area (Å²) in [6, 6.07) is 1.04. The summed E-state index contributed by atoms with van der Waals surface area (Å²) in [4.78, 5) is -0.540. The SMILES string of the molecule is Nc1c(F)c(S(=O)(=O)N2CCC(CO)C2)cc(Cl)c1Br. The van der Waals surface area contributed by atoms with Gasteiger partial charge < -0.3 is 10.8 Å². The third-order valence-corrected chi connectivity index (χ3v) is 6.53. The van der Waals surface area contributed by atoms with Gasteiger partial charge in [0.1, 0.15) is 4.90 Å². The Morgan fingerprint density at radius 1 is 1.60 bits per heavy atom. The van der Waals surface area contributed by atoms with E-state index in [1.54, 1.807) is 0 Å². The highest BCUT2D eigenvalue weighted by molar-refractivity contribution is 9.10. The fraction of sp³-hybridized carbons (Fsp3) is 0.455. The van der Waals surface area contributed by atoms with Gasteiger partial charge in [0.25, 0.3) is 0 Å². The number of halogens is 3. The van der Waals surface area contributed by atoms with Crippen LogP contribution in [0.25, 0.3) is 0 Å². The van der Waals surface area contributed by atoms with Crippen LogP contribution in [0.1, 0.15) is 6.42 Å². The molecule has 5 nitrogen and oxygen atoms in total. The fourth-order valence-corrected chi connectivity index (χ4v) is 4.29. The number of anilines is 1. The summed E-state index contributed by atoms with van der Waals surface area (Å²) in [6.07, 6.45) is 0.539. The van der Waals surface area contributed by atoms with Crippen LogP contribution in [0.15, 0.2) is 15.4 Å². The van der Waals surface area contributed by atoms with Crippen molar-refractivity contribution >= 4 is 43.2 Å². The number of hydrogen-bond acceptors (Lipinski definition) is 4. The van der Waals surface area contributed by atoms with E-state index in [-0.39, 0.29) is 40.8 Å². The van der Waals surface area contributed by atoms with E-state index >= 15 is 0 Å². The van der Waals surface area contributed by atoms with Gasteiger partial charge in [-0.25, -0.2) is 12.8 Å². The third-order valence-electron chi connectivity index (χ3n) is 3.28. The molecule has 112 valence electrons. The molecular weight excluding hydrogens is 375 g/mol. The normalized spacial score (nSPS) is 20.5. The second-order valence-electron chi connectivity index (χ2n) is 4.60. The van der Waals surface area contributed by atoms with E-state index in [1.807, 2.05) is 0 Å². The van der Waals surface area contributed by atoms with Crippen LogP contribution in [-0.2, 0) is 10.0 Å². The summed E-state index contributed by atoms with van der Waals surface area (Å²) < 4.78 is 40.2. The molecule has 1 unspecified atom stereocenters. The second-order valence-corrected chi connectivity index (χ2v) is 7.71. The Hall–Kier alpha value is -0.410. The maximum absolute atomic E-state index is 14.1. The molecule has 1 aliphatic rings. The first-order valence-corrected chi connectivity index (χ1v) is 8.44. The van der Waals surface area contributed by atoms with Gasteiger partial charge in [0.15, 0.2) is 5.82 Å². The van der Waals surface area contributed by atoms with E-state index in [9.17, 15) is 12.8 Å². The number of benzene rings is 1. The molecule has 1 aliphatic heterocycles. The lowest BCUT2D eigenvalue weighted by Crippen LogP contribution is -2.30. The Balaban J connectivity index is 2.46. The molecule has 0 bridgehead atoms. The first kappa shape index (κ1) is 16.0. The molecule has 1 aromatic carbocycles.